The van der Waals surface area contributed by atoms with E-state index in [4.69, 9.17) is 5.14 Å². The summed E-state index contributed by atoms with van der Waals surface area (Å²) in [7, 11) is -3.84. The maximum absolute atomic E-state index is 13.6. The Hall–Kier alpha value is -2.50. The van der Waals surface area contributed by atoms with E-state index in [1.807, 2.05) is 6.92 Å². The van der Waals surface area contributed by atoms with Gasteiger partial charge >= 0.3 is 6.55 Å². The minimum absolute atomic E-state index is 0.0113. The summed E-state index contributed by atoms with van der Waals surface area (Å²) in [6.07, 6.45) is 0.477. The first-order chi connectivity index (χ1) is 14.2. The predicted octanol–water partition coefficient (Wildman–Crippen LogP) is 3.15. The first-order valence-corrected chi connectivity index (χ1v) is 11.6. The number of nitrogens with zero attached hydrogens (tertiary/aromatic N) is 3. The highest BCUT2D eigenvalue weighted by atomic mass is 32.2. The minimum Gasteiger partial charge on any atom is -0.308 e. The van der Waals surface area contributed by atoms with Gasteiger partial charge in [0.2, 0.25) is 15.9 Å². The second-order valence-corrected chi connectivity index (χ2v) is 9.48. The average Bonchev–Trinajstić information content (AvgIpc) is 3.21. The van der Waals surface area contributed by atoms with Crippen LogP contribution in [0.25, 0.3) is 11.0 Å². The van der Waals surface area contributed by atoms with Gasteiger partial charge in [-0.25, -0.2) is 18.5 Å². The normalized spacial score (nSPS) is 16.4. The van der Waals surface area contributed by atoms with Gasteiger partial charge in [-0.15, -0.1) is 0 Å². The first-order valence-electron chi connectivity index (χ1n) is 9.02. The first kappa shape index (κ1) is 20.8. The molecule has 3 aromatic rings. The van der Waals surface area contributed by atoms with Gasteiger partial charge < -0.3 is 4.90 Å². The lowest BCUT2D eigenvalue weighted by Gasteiger charge is -2.22. The molecular weight excluding hydrogens is 434 g/mol. The SMILES string of the molecule is C[C@@H]1Cc2cc(S(N)(=O)=O)ccc2N1C(=O)CSc1nc2ccccc2n1C(F)F. The van der Waals surface area contributed by atoms with E-state index >= 15 is 0 Å². The third-order valence-corrected chi connectivity index (χ3v) is 6.80. The summed E-state index contributed by atoms with van der Waals surface area (Å²) in [6, 6.07) is 10.7. The molecule has 1 atom stereocenters. The van der Waals surface area contributed by atoms with E-state index in [9.17, 15) is 22.0 Å². The number of rotatable bonds is 5. The number of thioether (sulfide) groups is 1. The minimum atomic E-state index is -3.84. The van der Waals surface area contributed by atoms with Crippen molar-refractivity contribution in [1.29, 1.82) is 0 Å². The Kier molecular flexibility index (Phi) is 5.28. The average molecular weight is 453 g/mol. The number of carbonyl (C=O) groups is 1. The Balaban J connectivity index is 1.58. The number of benzene rings is 2. The van der Waals surface area contributed by atoms with Gasteiger partial charge in [0.1, 0.15) is 0 Å². The molecule has 0 saturated carbocycles. The highest BCUT2D eigenvalue weighted by Gasteiger charge is 2.32. The maximum atomic E-state index is 13.6. The van der Waals surface area contributed by atoms with Crippen LogP contribution in [-0.2, 0) is 21.2 Å². The molecule has 158 valence electrons. The van der Waals surface area contributed by atoms with Crippen molar-refractivity contribution >= 4 is 44.4 Å². The van der Waals surface area contributed by atoms with Crippen molar-refractivity contribution in [2.24, 2.45) is 5.14 Å². The van der Waals surface area contributed by atoms with Gasteiger partial charge in [-0.2, -0.15) is 8.78 Å². The number of para-hydroxylation sites is 2. The lowest BCUT2D eigenvalue weighted by Crippen LogP contribution is -2.37. The second kappa shape index (κ2) is 7.64. The van der Waals surface area contributed by atoms with Crippen LogP contribution in [0.15, 0.2) is 52.5 Å². The highest BCUT2D eigenvalue weighted by Crippen LogP contribution is 2.35. The number of hydrogen-bond acceptors (Lipinski definition) is 5. The van der Waals surface area contributed by atoms with E-state index in [0.29, 0.717) is 28.7 Å². The molecule has 0 fully saturated rings. The van der Waals surface area contributed by atoms with Crippen LogP contribution in [0.1, 0.15) is 19.0 Å². The summed E-state index contributed by atoms with van der Waals surface area (Å²) in [4.78, 5) is 18.7. The van der Waals surface area contributed by atoms with Gasteiger partial charge in [0.25, 0.3) is 0 Å². The fraction of sp³-hybridized carbons (Fsp3) is 0.263. The molecule has 0 radical (unpaired) electrons. The molecule has 1 aliphatic rings. The molecule has 11 heteroatoms. The van der Waals surface area contributed by atoms with Crippen molar-refractivity contribution in [3.63, 3.8) is 0 Å². The van der Waals surface area contributed by atoms with Crippen LogP contribution in [0, 0.1) is 0 Å². The maximum Gasteiger partial charge on any atom is 0.321 e. The number of amides is 1. The number of sulfonamides is 1. The smallest absolute Gasteiger partial charge is 0.308 e. The number of halogens is 2. The fourth-order valence-electron chi connectivity index (χ4n) is 3.67. The molecule has 2 aromatic carbocycles. The number of nitrogens with two attached hydrogens (primary N) is 1. The summed E-state index contributed by atoms with van der Waals surface area (Å²) in [6.45, 7) is -0.939. The van der Waals surface area contributed by atoms with E-state index in [-0.39, 0.29) is 27.8 Å². The molecular formula is C19H18F2N4O3S2. The Labute approximate surface area is 175 Å². The zero-order valence-corrected chi connectivity index (χ0v) is 17.5. The Bertz CT molecular complexity index is 1240. The molecule has 1 amide bonds. The van der Waals surface area contributed by atoms with Crippen molar-refractivity contribution in [2.45, 2.75) is 36.0 Å². The Morgan fingerprint density at radius 1 is 1.30 bits per heavy atom. The van der Waals surface area contributed by atoms with Crippen LogP contribution in [0.3, 0.4) is 0 Å². The molecule has 2 N–H and O–H groups in total. The molecule has 2 heterocycles. The van der Waals surface area contributed by atoms with Gasteiger partial charge in [0, 0.05) is 11.7 Å². The van der Waals surface area contributed by atoms with Crippen LogP contribution < -0.4 is 10.0 Å². The third-order valence-electron chi connectivity index (χ3n) is 4.95. The van der Waals surface area contributed by atoms with Crippen molar-refractivity contribution in [3.05, 3.63) is 48.0 Å². The topological polar surface area (TPSA) is 98.3 Å². The van der Waals surface area contributed by atoms with E-state index in [0.717, 1.165) is 16.3 Å². The number of alkyl halides is 2. The van der Waals surface area contributed by atoms with Gasteiger partial charge in [0.15, 0.2) is 5.16 Å². The van der Waals surface area contributed by atoms with Gasteiger partial charge in [-0.05, 0) is 49.2 Å². The summed E-state index contributed by atoms with van der Waals surface area (Å²) in [5.41, 5.74) is 2.04. The number of fused-ring (bicyclic) bond motifs is 2. The van der Waals surface area contributed by atoms with Crippen LogP contribution in [0.2, 0.25) is 0 Å². The zero-order chi connectivity index (χ0) is 21.6. The third kappa shape index (κ3) is 3.68. The molecule has 7 nitrogen and oxygen atoms in total. The summed E-state index contributed by atoms with van der Waals surface area (Å²) >= 11 is 0.945. The van der Waals surface area contributed by atoms with E-state index < -0.39 is 16.6 Å². The summed E-state index contributed by atoms with van der Waals surface area (Å²) in [5.74, 6) is -0.362. The molecule has 1 aliphatic heterocycles. The van der Waals surface area contributed by atoms with E-state index in [1.165, 1.54) is 12.1 Å². The molecule has 0 saturated heterocycles. The van der Waals surface area contributed by atoms with Crippen molar-refractivity contribution in [1.82, 2.24) is 9.55 Å². The van der Waals surface area contributed by atoms with E-state index in [2.05, 4.69) is 4.98 Å². The Morgan fingerprint density at radius 2 is 2.03 bits per heavy atom. The van der Waals surface area contributed by atoms with Crippen LogP contribution in [0.4, 0.5) is 14.5 Å². The fourth-order valence-corrected chi connectivity index (χ4v) is 5.11. The number of aromatic nitrogens is 2. The van der Waals surface area contributed by atoms with Crippen LogP contribution in [0.5, 0.6) is 0 Å². The monoisotopic (exact) mass is 452 g/mol. The second-order valence-electron chi connectivity index (χ2n) is 6.97. The Morgan fingerprint density at radius 3 is 2.73 bits per heavy atom. The van der Waals surface area contributed by atoms with Crippen molar-refractivity contribution in [2.75, 3.05) is 10.7 Å². The largest absolute Gasteiger partial charge is 0.321 e. The van der Waals surface area contributed by atoms with E-state index in [1.54, 1.807) is 35.2 Å². The quantitative estimate of drug-likeness (QED) is 0.600. The van der Waals surface area contributed by atoms with Gasteiger partial charge in [-0.3, -0.25) is 9.36 Å². The lowest BCUT2D eigenvalue weighted by atomic mass is 10.1. The predicted molar refractivity (Wildman–Crippen MR) is 110 cm³/mol. The molecule has 0 aliphatic carbocycles. The molecule has 4 rings (SSSR count). The number of carbonyl (C=O) groups excluding carboxylic acids is 1. The number of hydrogen-bond donors (Lipinski definition) is 1. The summed E-state index contributed by atoms with van der Waals surface area (Å²) in [5, 5.41) is 5.25. The van der Waals surface area contributed by atoms with Crippen molar-refractivity contribution in [3.8, 4) is 0 Å². The number of primary sulfonamides is 1. The standard InChI is InChI=1S/C19H18F2N4O3S2/c1-11-8-12-9-13(30(22,27)28)6-7-15(12)24(11)17(26)10-29-19-23-14-4-2-3-5-16(14)25(19)18(20)21/h2-7,9,11,18H,8,10H2,1H3,(H2,22,27,28)/t11-/m1/s1. The molecule has 0 unspecified atom stereocenters. The van der Waals surface area contributed by atoms with Crippen molar-refractivity contribution < 1.29 is 22.0 Å². The van der Waals surface area contributed by atoms with Crippen LogP contribution in [-0.4, -0.2) is 35.7 Å². The molecule has 0 bridgehead atoms. The van der Waals surface area contributed by atoms with Gasteiger partial charge in [-0.1, -0.05) is 23.9 Å². The molecule has 0 spiro atoms. The molecule has 30 heavy (non-hydrogen) atoms. The summed E-state index contributed by atoms with van der Waals surface area (Å²) < 4.78 is 51.1. The zero-order valence-electron chi connectivity index (χ0n) is 15.8. The molecule has 1 aromatic heterocycles. The number of imidazole rings is 1. The van der Waals surface area contributed by atoms with Crippen LogP contribution >= 0.6 is 11.8 Å². The lowest BCUT2D eigenvalue weighted by molar-refractivity contribution is -0.116. The highest BCUT2D eigenvalue weighted by molar-refractivity contribution is 7.99. The number of anilines is 1. The van der Waals surface area contributed by atoms with Gasteiger partial charge in [0.05, 0.1) is 21.7 Å².